The lowest BCUT2D eigenvalue weighted by atomic mass is 10.4. The topological polar surface area (TPSA) is 77.4 Å². The Balaban J connectivity index is 2.00. The average molecular weight is 198 g/mol. The van der Waals surface area contributed by atoms with E-state index in [2.05, 4.69) is 10.1 Å². The van der Waals surface area contributed by atoms with Crippen LogP contribution in [0.4, 0.5) is 5.95 Å². The molecule has 78 valence electrons. The van der Waals surface area contributed by atoms with E-state index in [1.54, 1.807) is 0 Å². The van der Waals surface area contributed by atoms with Crippen LogP contribution in [0.15, 0.2) is 4.52 Å². The van der Waals surface area contributed by atoms with Gasteiger partial charge in [-0.15, -0.1) is 0 Å². The van der Waals surface area contributed by atoms with E-state index in [1.165, 1.54) is 0 Å². The molecule has 6 nitrogen and oxygen atoms in total. The summed E-state index contributed by atoms with van der Waals surface area (Å²) in [5.41, 5.74) is 5.39. The molecular weight excluding hydrogens is 184 g/mol. The molecule has 2 N–H and O–H groups in total. The molecule has 1 aliphatic heterocycles. The molecule has 0 bridgehead atoms. The standard InChI is InChI=1S/C8H14N4O2/c9-2-1-7-10-8(11-14-7)12-3-5-13-6-4-12/h1-6,9H2. The van der Waals surface area contributed by atoms with Gasteiger partial charge in [-0.25, -0.2) is 0 Å². The van der Waals surface area contributed by atoms with Crippen molar-refractivity contribution in [3.63, 3.8) is 0 Å². The van der Waals surface area contributed by atoms with Gasteiger partial charge in [0, 0.05) is 26.1 Å². The monoisotopic (exact) mass is 198 g/mol. The molecule has 1 aliphatic rings. The van der Waals surface area contributed by atoms with Gasteiger partial charge in [0.05, 0.1) is 13.2 Å². The first-order valence-electron chi connectivity index (χ1n) is 4.75. The fourth-order valence-electron chi connectivity index (χ4n) is 1.36. The molecule has 2 heterocycles. The molecule has 1 aromatic rings. The van der Waals surface area contributed by atoms with Crippen molar-refractivity contribution in [1.82, 2.24) is 10.1 Å². The second-order valence-electron chi connectivity index (χ2n) is 3.13. The van der Waals surface area contributed by atoms with Crippen LogP contribution in [0.5, 0.6) is 0 Å². The maximum absolute atomic E-state index is 5.39. The minimum Gasteiger partial charge on any atom is -0.378 e. The quantitative estimate of drug-likeness (QED) is 0.699. The van der Waals surface area contributed by atoms with Crippen molar-refractivity contribution in [2.24, 2.45) is 5.73 Å². The van der Waals surface area contributed by atoms with Gasteiger partial charge in [0.1, 0.15) is 0 Å². The van der Waals surface area contributed by atoms with Gasteiger partial charge < -0.3 is 19.9 Å². The maximum atomic E-state index is 5.39. The van der Waals surface area contributed by atoms with Gasteiger partial charge in [-0.2, -0.15) is 4.98 Å². The highest BCUT2D eigenvalue weighted by Gasteiger charge is 2.16. The van der Waals surface area contributed by atoms with Crippen molar-refractivity contribution in [3.05, 3.63) is 5.89 Å². The summed E-state index contributed by atoms with van der Waals surface area (Å²) in [5, 5.41) is 3.89. The molecular formula is C8H14N4O2. The molecule has 0 radical (unpaired) electrons. The van der Waals surface area contributed by atoms with E-state index >= 15 is 0 Å². The number of anilines is 1. The van der Waals surface area contributed by atoms with E-state index in [9.17, 15) is 0 Å². The van der Waals surface area contributed by atoms with Crippen molar-refractivity contribution < 1.29 is 9.26 Å². The van der Waals surface area contributed by atoms with Gasteiger partial charge in [0.2, 0.25) is 5.89 Å². The zero-order valence-electron chi connectivity index (χ0n) is 7.98. The van der Waals surface area contributed by atoms with Gasteiger partial charge >= 0.3 is 0 Å². The third-order valence-corrected chi connectivity index (χ3v) is 2.11. The Bertz CT molecular complexity index is 283. The van der Waals surface area contributed by atoms with Crippen molar-refractivity contribution in [1.29, 1.82) is 0 Å². The van der Waals surface area contributed by atoms with Crippen LogP contribution in [0.2, 0.25) is 0 Å². The summed E-state index contributed by atoms with van der Waals surface area (Å²) in [5.74, 6) is 1.26. The second-order valence-corrected chi connectivity index (χ2v) is 3.13. The Morgan fingerprint density at radius 3 is 2.86 bits per heavy atom. The van der Waals surface area contributed by atoms with Crippen LogP contribution in [-0.4, -0.2) is 43.0 Å². The van der Waals surface area contributed by atoms with Gasteiger partial charge in [0.15, 0.2) is 0 Å². The fourth-order valence-corrected chi connectivity index (χ4v) is 1.36. The number of aromatic nitrogens is 2. The molecule has 0 aliphatic carbocycles. The Labute approximate surface area is 82.0 Å². The average Bonchev–Trinajstić information content (AvgIpc) is 2.68. The van der Waals surface area contributed by atoms with Gasteiger partial charge in [-0.3, -0.25) is 0 Å². The Morgan fingerprint density at radius 1 is 1.36 bits per heavy atom. The molecule has 0 saturated carbocycles. The first-order chi connectivity index (χ1) is 6.90. The van der Waals surface area contributed by atoms with Crippen LogP contribution in [0, 0.1) is 0 Å². The Kier molecular flexibility index (Phi) is 2.95. The zero-order chi connectivity index (χ0) is 9.80. The third-order valence-electron chi connectivity index (χ3n) is 2.11. The smallest absolute Gasteiger partial charge is 0.266 e. The largest absolute Gasteiger partial charge is 0.378 e. The first kappa shape index (κ1) is 9.42. The van der Waals surface area contributed by atoms with Gasteiger partial charge in [-0.1, -0.05) is 0 Å². The van der Waals surface area contributed by atoms with Gasteiger partial charge in [0.25, 0.3) is 5.95 Å². The fraction of sp³-hybridized carbons (Fsp3) is 0.750. The summed E-state index contributed by atoms with van der Waals surface area (Å²) in [6.45, 7) is 3.62. The molecule has 0 unspecified atom stereocenters. The normalized spacial score (nSPS) is 17.4. The lowest BCUT2D eigenvalue weighted by Gasteiger charge is -2.24. The Hall–Kier alpha value is -1.14. The van der Waals surface area contributed by atoms with E-state index in [0.29, 0.717) is 24.8 Å². The van der Waals surface area contributed by atoms with Gasteiger partial charge in [-0.05, 0) is 5.16 Å². The van der Waals surface area contributed by atoms with E-state index in [4.69, 9.17) is 15.0 Å². The molecule has 0 atom stereocenters. The highest BCUT2D eigenvalue weighted by molar-refractivity contribution is 5.27. The molecule has 0 spiro atoms. The second kappa shape index (κ2) is 4.39. The Morgan fingerprint density at radius 2 is 2.14 bits per heavy atom. The summed E-state index contributed by atoms with van der Waals surface area (Å²) >= 11 is 0. The van der Waals surface area contributed by atoms with Crippen LogP contribution in [0.3, 0.4) is 0 Å². The molecule has 1 saturated heterocycles. The maximum Gasteiger partial charge on any atom is 0.266 e. The zero-order valence-corrected chi connectivity index (χ0v) is 7.98. The summed E-state index contributed by atoms with van der Waals surface area (Å²) in [6, 6.07) is 0. The predicted octanol–water partition coefficient (Wildman–Crippen LogP) is -0.593. The van der Waals surface area contributed by atoms with Crippen molar-refractivity contribution in [3.8, 4) is 0 Å². The number of nitrogens with zero attached hydrogens (tertiary/aromatic N) is 3. The van der Waals surface area contributed by atoms with Crippen molar-refractivity contribution >= 4 is 5.95 Å². The van der Waals surface area contributed by atoms with E-state index in [1.807, 2.05) is 4.90 Å². The number of nitrogens with two attached hydrogens (primary N) is 1. The first-order valence-corrected chi connectivity index (χ1v) is 4.75. The molecule has 14 heavy (non-hydrogen) atoms. The summed E-state index contributed by atoms with van der Waals surface area (Å²) < 4.78 is 10.3. The molecule has 0 amide bonds. The predicted molar refractivity (Wildman–Crippen MR) is 50.1 cm³/mol. The SMILES string of the molecule is NCCc1nc(N2CCOCC2)no1. The molecule has 1 fully saturated rings. The highest BCUT2D eigenvalue weighted by Crippen LogP contribution is 2.10. The number of morpholine rings is 1. The van der Waals surface area contributed by atoms with E-state index in [-0.39, 0.29) is 0 Å². The molecule has 1 aromatic heterocycles. The minimum absolute atomic E-state index is 0.532. The van der Waals surface area contributed by atoms with Crippen LogP contribution in [0.1, 0.15) is 5.89 Å². The summed E-state index contributed by atoms with van der Waals surface area (Å²) in [7, 11) is 0. The van der Waals surface area contributed by atoms with E-state index < -0.39 is 0 Å². The minimum atomic E-state index is 0.532. The lowest BCUT2D eigenvalue weighted by Crippen LogP contribution is -2.36. The third kappa shape index (κ3) is 2.02. The number of rotatable bonds is 3. The molecule has 6 heteroatoms. The summed E-state index contributed by atoms with van der Waals surface area (Å²) in [4.78, 5) is 6.28. The van der Waals surface area contributed by atoms with Crippen LogP contribution >= 0.6 is 0 Å². The van der Waals surface area contributed by atoms with Crippen LogP contribution in [0.25, 0.3) is 0 Å². The number of ether oxygens (including phenoxy) is 1. The molecule has 0 aromatic carbocycles. The highest BCUT2D eigenvalue weighted by atomic mass is 16.5. The molecule has 2 rings (SSSR count). The van der Waals surface area contributed by atoms with Crippen LogP contribution < -0.4 is 10.6 Å². The lowest BCUT2D eigenvalue weighted by molar-refractivity contribution is 0.121. The van der Waals surface area contributed by atoms with Crippen molar-refractivity contribution in [2.45, 2.75) is 6.42 Å². The number of hydrogen-bond acceptors (Lipinski definition) is 6. The number of hydrogen-bond donors (Lipinski definition) is 1. The summed E-state index contributed by atoms with van der Waals surface area (Å²) in [6.07, 6.45) is 0.636. The van der Waals surface area contributed by atoms with Crippen molar-refractivity contribution in [2.75, 3.05) is 37.7 Å². The van der Waals surface area contributed by atoms with E-state index in [0.717, 1.165) is 26.3 Å². The van der Waals surface area contributed by atoms with Crippen LogP contribution in [-0.2, 0) is 11.2 Å².